The molecule has 0 radical (unpaired) electrons. The highest BCUT2D eigenvalue weighted by atomic mass is 32.1. The number of nitrogens with zero attached hydrogens (tertiary/aromatic N) is 1. The summed E-state index contributed by atoms with van der Waals surface area (Å²) in [7, 11) is 0. The molecule has 0 amide bonds. The van der Waals surface area contributed by atoms with Crippen molar-refractivity contribution in [2.45, 2.75) is 44.4 Å². The molecule has 2 rings (SSSR count). The molecule has 1 atom stereocenters. The largest absolute Gasteiger partial charge is 0.198 e. The van der Waals surface area contributed by atoms with E-state index in [4.69, 9.17) is 0 Å². The predicted octanol–water partition coefficient (Wildman–Crippen LogP) is 4.33. The van der Waals surface area contributed by atoms with Crippen molar-refractivity contribution in [3.05, 3.63) is 22.4 Å². The normalized spacial score (nSPS) is 20.5. The van der Waals surface area contributed by atoms with Crippen molar-refractivity contribution in [1.29, 1.82) is 5.26 Å². The fourth-order valence-corrected chi connectivity index (χ4v) is 3.38. The van der Waals surface area contributed by atoms with Gasteiger partial charge in [0.1, 0.15) is 0 Å². The van der Waals surface area contributed by atoms with Crippen molar-refractivity contribution in [2.24, 2.45) is 5.92 Å². The summed E-state index contributed by atoms with van der Waals surface area (Å²) in [6, 6.07) is 6.68. The number of nitriles is 1. The van der Waals surface area contributed by atoms with Crippen molar-refractivity contribution >= 4 is 11.3 Å². The molecule has 0 saturated heterocycles. The monoisotopic (exact) mass is 219 g/mol. The second kappa shape index (κ2) is 5.32. The summed E-state index contributed by atoms with van der Waals surface area (Å²) in [5.74, 6) is 0.763. The van der Waals surface area contributed by atoms with Gasteiger partial charge in [0.15, 0.2) is 0 Å². The van der Waals surface area contributed by atoms with Crippen LogP contribution < -0.4 is 0 Å². The Bertz CT molecular complexity index is 315. The molecule has 1 aromatic heterocycles. The Kier molecular flexibility index (Phi) is 3.80. The molecule has 1 aromatic rings. The molecular formula is C13H17NS. The first-order chi connectivity index (χ1) is 7.42. The zero-order valence-electron chi connectivity index (χ0n) is 8.98. The van der Waals surface area contributed by atoms with E-state index in [-0.39, 0.29) is 5.92 Å². The standard InChI is InChI=1S/C13H17NS/c14-10-12(13-8-5-9-15-13)11-6-3-1-2-4-7-11/h5,8-9,11-12H,1-4,6-7H2. The summed E-state index contributed by atoms with van der Waals surface area (Å²) >= 11 is 1.73. The van der Waals surface area contributed by atoms with E-state index in [0.717, 1.165) is 0 Å². The minimum atomic E-state index is 0.156. The number of hydrogen-bond acceptors (Lipinski definition) is 2. The summed E-state index contributed by atoms with van der Waals surface area (Å²) in [5, 5.41) is 11.4. The van der Waals surface area contributed by atoms with Crippen LogP contribution in [0, 0.1) is 17.2 Å². The first-order valence-corrected chi connectivity index (χ1v) is 6.73. The molecule has 1 aliphatic carbocycles. The van der Waals surface area contributed by atoms with Crippen LogP contribution in [0.4, 0.5) is 0 Å². The molecule has 1 nitrogen and oxygen atoms in total. The number of thiophene rings is 1. The van der Waals surface area contributed by atoms with E-state index in [1.54, 1.807) is 11.3 Å². The molecule has 0 spiro atoms. The summed E-state index contributed by atoms with van der Waals surface area (Å²) in [6.45, 7) is 0. The SMILES string of the molecule is N#CC(c1cccs1)C1CCCCCC1. The third kappa shape index (κ3) is 2.60. The highest BCUT2D eigenvalue weighted by Crippen LogP contribution is 2.36. The molecular weight excluding hydrogens is 202 g/mol. The van der Waals surface area contributed by atoms with Gasteiger partial charge in [-0.1, -0.05) is 31.7 Å². The quantitative estimate of drug-likeness (QED) is 0.679. The van der Waals surface area contributed by atoms with Crippen LogP contribution in [0.5, 0.6) is 0 Å². The van der Waals surface area contributed by atoms with E-state index in [1.165, 1.54) is 43.4 Å². The zero-order chi connectivity index (χ0) is 10.5. The van der Waals surface area contributed by atoms with Crippen LogP contribution in [0.2, 0.25) is 0 Å². The lowest BCUT2D eigenvalue weighted by molar-refractivity contribution is 0.428. The summed E-state index contributed by atoms with van der Waals surface area (Å²) in [6.07, 6.45) is 7.84. The molecule has 80 valence electrons. The smallest absolute Gasteiger partial charge is 0.0834 e. The summed E-state index contributed by atoms with van der Waals surface area (Å²) in [5.41, 5.74) is 0. The summed E-state index contributed by atoms with van der Waals surface area (Å²) < 4.78 is 0. The Morgan fingerprint density at radius 1 is 1.27 bits per heavy atom. The molecule has 1 saturated carbocycles. The maximum absolute atomic E-state index is 9.30. The molecule has 1 unspecified atom stereocenters. The van der Waals surface area contributed by atoms with Crippen LogP contribution >= 0.6 is 11.3 Å². The molecule has 1 aliphatic rings. The van der Waals surface area contributed by atoms with Gasteiger partial charge in [0.25, 0.3) is 0 Å². The van der Waals surface area contributed by atoms with Gasteiger partial charge in [-0.3, -0.25) is 0 Å². The van der Waals surface area contributed by atoms with Crippen molar-refractivity contribution < 1.29 is 0 Å². The van der Waals surface area contributed by atoms with Gasteiger partial charge in [0.05, 0.1) is 12.0 Å². The molecule has 0 bridgehead atoms. The van der Waals surface area contributed by atoms with Crippen molar-refractivity contribution in [1.82, 2.24) is 0 Å². The van der Waals surface area contributed by atoms with Gasteiger partial charge >= 0.3 is 0 Å². The van der Waals surface area contributed by atoms with Gasteiger partial charge in [-0.05, 0) is 30.2 Å². The third-order valence-corrected chi connectivity index (χ3v) is 4.32. The van der Waals surface area contributed by atoms with E-state index in [1.807, 2.05) is 0 Å². The summed E-state index contributed by atoms with van der Waals surface area (Å²) in [4.78, 5) is 1.27. The lowest BCUT2D eigenvalue weighted by atomic mass is 9.86. The molecule has 0 aliphatic heterocycles. The van der Waals surface area contributed by atoms with Gasteiger partial charge in [-0.25, -0.2) is 0 Å². The zero-order valence-corrected chi connectivity index (χ0v) is 9.80. The van der Waals surface area contributed by atoms with Crippen LogP contribution in [0.25, 0.3) is 0 Å². The topological polar surface area (TPSA) is 23.8 Å². The van der Waals surface area contributed by atoms with Gasteiger partial charge in [0, 0.05) is 4.88 Å². The van der Waals surface area contributed by atoms with E-state index < -0.39 is 0 Å². The van der Waals surface area contributed by atoms with Crippen LogP contribution in [0.3, 0.4) is 0 Å². The second-order valence-corrected chi connectivity index (χ2v) is 5.35. The van der Waals surface area contributed by atoms with Gasteiger partial charge in [0.2, 0.25) is 0 Å². The lowest BCUT2D eigenvalue weighted by Gasteiger charge is -2.18. The maximum atomic E-state index is 9.30. The molecule has 1 heterocycles. The Morgan fingerprint density at radius 2 is 2.00 bits per heavy atom. The number of hydrogen-bond donors (Lipinski definition) is 0. The van der Waals surface area contributed by atoms with Crippen LogP contribution in [-0.4, -0.2) is 0 Å². The van der Waals surface area contributed by atoms with Gasteiger partial charge < -0.3 is 0 Å². The molecule has 15 heavy (non-hydrogen) atoms. The molecule has 2 heteroatoms. The Hall–Kier alpha value is -0.810. The molecule has 1 fully saturated rings. The molecule has 0 aromatic carbocycles. The first kappa shape index (κ1) is 10.7. The second-order valence-electron chi connectivity index (χ2n) is 4.37. The lowest BCUT2D eigenvalue weighted by Crippen LogP contribution is -2.09. The maximum Gasteiger partial charge on any atom is 0.0834 e. The fraction of sp³-hybridized carbons (Fsp3) is 0.615. The van der Waals surface area contributed by atoms with E-state index in [0.29, 0.717) is 5.92 Å². The first-order valence-electron chi connectivity index (χ1n) is 5.85. The van der Waals surface area contributed by atoms with E-state index >= 15 is 0 Å². The number of rotatable bonds is 2. The Labute approximate surface area is 95.7 Å². The Balaban J connectivity index is 2.09. The van der Waals surface area contributed by atoms with Crippen molar-refractivity contribution in [2.75, 3.05) is 0 Å². The van der Waals surface area contributed by atoms with Crippen LogP contribution in [-0.2, 0) is 0 Å². The third-order valence-electron chi connectivity index (χ3n) is 3.36. The Morgan fingerprint density at radius 3 is 2.53 bits per heavy atom. The van der Waals surface area contributed by atoms with Gasteiger partial charge in [-0.15, -0.1) is 11.3 Å². The average Bonchev–Trinajstić information content (AvgIpc) is 2.63. The highest BCUT2D eigenvalue weighted by molar-refractivity contribution is 7.10. The van der Waals surface area contributed by atoms with Crippen molar-refractivity contribution in [3.63, 3.8) is 0 Å². The van der Waals surface area contributed by atoms with Crippen LogP contribution in [0.15, 0.2) is 17.5 Å². The van der Waals surface area contributed by atoms with Crippen LogP contribution in [0.1, 0.15) is 49.3 Å². The van der Waals surface area contributed by atoms with Gasteiger partial charge in [-0.2, -0.15) is 5.26 Å². The van der Waals surface area contributed by atoms with E-state index in [2.05, 4.69) is 23.6 Å². The fourth-order valence-electron chi connectivity index (χ4n) is 2.51. The van der Waals surface area contributed by atoms with E-state index in [9.17, 15) is 5.26 Å². The minimum Gasteiger partial charge on any atom is -0.198 e. The van der Waals surface area contributed by atoms with Crippen molar-refractivity contribution in [3.8, 4) is 6.07 Å². The molecule has 0 N–H and O–H groups in total. The minimum absolute atomic E-state index is 0.156. The predicted molar refractivity (Wildman–Crippen MR) is 63.9 cm³/mol. The average molecular weight is 219 g/mol. The highest BCUT2D eigenvalue weighted by Gasteiger charge is 2.24.